The Morgan fingerprint density at radius 2 is 2.50 bits per heavy atom. The van der Waals surface area contributed by atoms with E-state index in [1.165, 1.54) is 19.2 Å². The van der Waals surface area contributed by atoms with Gasteiger partial charge in [-0.3, -0.25) is 9.89 Å². The summed E-state index contributed by atoms with van der Waals surface area (Å²) in [5, 5.41) is 9.67. The van der Waals surface area contributed by atoms with Crippen LogP contribution in [0, 0.1) is 0 Å². The monoisotopic (exact) mass is 223 g/mol. The van der Waals surface area contributed by atoms with Crippen molar-refractivity contribution in [2.75, 3.05) is 20.1 Å². The number of hydrogen-bond acceptors (Lipinski definition) is 4. The fourth-order valence-corrected chi connectivity index (χ4v) is 1.98. The number of rotatable bonds is 3. The Kier molecular flexibility index (Phi) is 3.51. The first-order valence-corrected chi connectivity index (χ1v) is 5.61. The topological polar surface area (TPSA) is 73.9 Å². The molecule has 1 saturated heterocycles. The Morgan fingerprint density at radius 3 is 3.12 bits per heavy atom. The lowest BCUT2D eigenvalue weighted by atomic mass is 10.0. The second-order valence-electron chi connectivity index (χ2n) is 4.17. The van der Waals surface area contributed by atoms with Crippen LogP contribution in [0.4, 0.5) is 0 Å². The zero-order valence-corrected chi connectivity index (χ0v) is 9.44. The largest absolute Gasteiger partial charge is 0.337 e. The van der Waals surface area contributed by atoms with Gasteiger partial charge in [0.05, 0.1) is 0 Å². The van der Waals surface area contributed by atoms with Gasteiger partial charge in [-0.2, -0.15) is 5.10 Å². The first-order valence-electron chi connectivity index (χ1n) is 5.61. The molecule has 0 spiro atoms. The predicted molar refractivity (Wildman–Crippen MR) is 59.0 cm³/mol. The third-order valence-electron chi connectivity index (χ3n) is 2.87. The average Bonchev–Trinajstić information content (AvgIpc) is 2.83. The third kappa shape index (κ3) is 2.57. The van der Waals surface area contributed by atoms with Crippen molar-refractivity contribution >= 4 is 5.91 Å². The molecule has 1 aliphatic heterocycles. The number of nitrogens with one attached hydrogen (secondary N) is 2. The SMILES string of the molecule is CN(CC1CCCCN1)C(=O)c1ncn[nH]1. The van der Waals surface area contributed by atoms with Gasteiger partial charge in [0, 0.05) is 19.6 Å². The van der Waals surface area contributed by atoms with Crippen LogP contribution in [0.15, 0.2) is 6.33 Å². The highest BCUT2D eigenvalue weighted by Gasteiger charge is 2.19. The van der Waals surface area contributed by atoms with Crippen LogP contribution >= 0.6 is 0 Å². The summed E-state index contributed by atoms with van der Waals surface area (Å²) in [6.07, 6.45) is 4.95. The van der Waals surface area contributed by atoms with Gasteiger partial charge in [0.1, 0.15) is 6.33 Å². The first-order chi connectivity index (χ1) is 7.77. The van der Waals surface area contributed by atoms with E-state index < -0.39 is 0 Å². The van der Waals surface area contributed by atoms with Crippen LogP contribution in [-0.4, -0.2) is 52.2 Å². The number of nitrogens with zero attached hydrogens (tertiary/aromatic N) is 3. The van der Waals surface area contributed by atoms with E-state index in [9.17, 15) is 4.79 Å². The highest BCUT2D eigenvalue weighted by Crippen LogP contribution is 2.08. The minimum atomic E-state index is -0.107. The molecule has 0 aliphatic carbocycles. The van der Waals surface area contributed by atoms with Gasteiger partial charge in [-0.1, -0.05) is 6.42 Å². The van der Waals surface area contributed by atoms with E-state index in [0.29, 0.717) is 11.9 Å². The standard InChI is InChI=1S/C10H17N5O/c1-15(6-8-4-2-3-5-11-8)10(16)9-12-7-13-14-9/h7-8,11H,2-6H2,1H3,(H,12,13,14). The lowest BCUT2D eigenvalue weighted by molar-refractivity contribution is 0.0764. The molecule has 0 saturated carbocycles. The number of H-pyrrole nitrogens is 1. The fourth-order valence-electron chi connectivity index (χ4n) is 1.98. The van der Waals surface area contributed by atoms with Crippen molar-refractivity contribution in [3.8, 4) is 0 Å². The van der Waals surface area contributed by atoms with Gasteiger partial charge in [0.15, 0.2) is 0 Å². The molecule has 1 aromatic rings. The molecule has 1 unspecified atom stereocenters. The normalized spacial score (nSPS) is 20.7. The molecule has 16 heavy (non-hydrogen) atoms. The molecular formula is C10H17N5O. The zero-order valence-electron chi connectivity index (χ0n) is 9.44. The van der Waals surface area contributed by atoms with Crippen LogP contribution in [0.1, 0.15) is 29.9 Å². The minimum Gasteiger partial charge on any atom is -0.337 e. The van der Waals surface area contributed by atoms with E-state index in [0.717, 1.165) is 19.5 Å². The number of aromatic nitrogens is 3. The van der Waals surface area contributed by atoms with Crippen molar-refractivity contribution in [1.29, 1.82) is 0 Å². The predicted octanol–water partition coefficient (Wildman–Crippen LogP) is 0.0188. The van der Waals surface area contributed by atoms with E-state index in [1.807, 2.05) is 0 Å². The average molecular weight is 223 g/mol. The highest BCUT2D eigenvalue weighted by molar-refractivity contribution is 5.90. The summed E-state index contributed by atoms with van der Waals surface area (Å²) < 4.78 is 0. The number of amides is 1. The number of carbonyl (C=O) groups excluding carboxylic acids is 1. The van der Waals surface area contributed by atoms with Crippen molar-refractivity contribution in [1.82, 2.24) is 25.4 Å². The van der Waals surface area contributed by atoms with Crippen LogP contribution in [0.5, 0.6) is 0 Å². The zero-order chi connectivity index (χ0) is 11.4. The van der Waals surface area contributed by atoms with Crippen molar-refractivity contribution in [3.05, 3.63) is 12.2 Å². The molecule has 1 atom stereocenters. The molecular weight excluding hydrogens is 206 g/mol. The van der Waals surface area contributed by atoms with Gasteiger partial charge in [-0.25, -0.2) is 4.98 Å². The van der Waals surface area contributed by atoms with Crippen molar-refractivity contribution in [2.45, 2.75) is 25.3 Å². The van der Waals surface area contributed by atoms with Gasteiger partial charge in [-0.05, 0) is 19.4 Å². The molecule has 6 heteroatoms. The van der Waals surface area contributed by atoms with Gasteiger partial charge < -0.3 is 10.2 Å². The van der Waals surface area contributed by atoms with Crippen LogP contribution < -0.4 is 5.32 Å². The summed E-state index contributed by atoms with van der Waals surface area (Å²) in [5.74, 6) is 0.197. The van der Waals surface area contributed by atoms with E-state index in [1.54, 1.807) is 11.9 Å². The summed E-state index contributed by atoms with van der Waals surface area (Å²) in [6.45, 7) is 1.77. The van der Waals surface area contributed by atoms with Gasteiger partial charge in [0.2, 0.25) is 5.82 Å². The van der Waals surface area contributed by atoms with Crippen molar-refractivity contribution < 1.29 is 4.79 Å². The van der Waals surface area contributed by atoms with Gasteiger partial charge in [0.25, 0.3) is 5.91 Å². The van der Waals surface area contributed by atoms with E-state index >= 15 is 0 Å². The molecule has 0 bridgehead atoms. The summed E-state index contributed by atoms with van der Waals surface area (Å²) in [4.78, 5) is 17.4. The number of piperidine rings is 1. The number of likely N-dealkylation sites (N-methyl/N-ethyl adjacent to an activating group) is 1. The Balaban J connectivity index is 1.87. The van der Waals surface area contributed by atoms with E-state index in [4.69, 9.17) is 0 Å². The van der Waals surface area contributed by atoms with Crippen LogP contribution in [0.3, 0.4) is 0 Å². The minimum absolute atomic E-state index is 0.107. The molecule has 2 N–H and O–H groups in total. The Labute approximate surface area is 94.4 Å². The maximum atomic E-state index is 11.8. The lowest BCUT2D eigenvalue weighted by Crippen LogP contribution is -2.44. The van der Waals surface area contributed by atoms with Crippen LogP contribution in [0.25, 0.3) is 0 Å². The second kappa shape index (κ2) is 5.07. The molecule has 0 radical (unpaired) electrons. The molecule has 2 rings (SSSR count). The quantitative estimate of drug-likeness (QED) is 0.757. The Morgan fingerprint density at radius 1 is 1.62 bits per heavy atom. The molecule has 88 valence electrons. The van der Waals surface area contributed by atoms with E-state index in [2.05, 4.69) is 20.5 Å². The summed E-state index contributed by atoms with van der Waals surface area (Å²) in [5.41, 5.74) is 0. The molecule has 1 amide bonds. The third-order valence-corrected chi connectivity index (χ3v) is 2.87. The molecule has 0 aromatic carbocycles. The summed E-state index contributed by atoms with van der Waals surface area (Å²) in [6, 6.07) is 0.408. The van der Waals surface area contributed by atoms with E-state index in [-0.39, 0.29) is 5.91 Å². The van der Waals surface area contributed by atoms with Gasteiger partial charge in [-0.15, -0.1) is 0 Å². The highest BCUT2D eigenvalue weighted by atomic mass is 16.2. The first kappa shape index (κ1) is 11.1. The molecule has 6 nitrogen and oxygen atoms in total. The summed E-state index contributed by atoms with van der Waals surface area (Å²) in [7, 11) is 1.79. The fraction of sp³-hybridized carbons (Fsp3) is 0.700. The lowest BCUT2D eigenvalue weighted by Gasteiger charge is -2.27. The van der Waals surface area contributed by atoms with Crippen LogP contribution in [0.2, 0.25) is 0 Å². The smallest absolute Gasteiger partial charge is 0.290 e. The second-order valence-corrected chi connectivity index (χ2v) is 4.17. The van der Waals surface area contributed by atoms with Crippen molar-refractivity contribution in [3.63, 3.8) is 0 Å². The van der Waals surface area contributed by atoms with Crippen LogP contribution in [-0.2, 0) is 0 Å². The molecule has 1 aromatic heterocycles. The van der Waals surface area contributed by atoms with Crippen molar-refractivity contribution in [2.24, 2.45) is 0 Å². The molecule has 1 fully saturated rings. The van der Waals surface area contributed by atoms with Gasteiger partial charge >= 0.3 is 0 Å². The molecule has 1 aliphatic rings. The number of aromatic amines is 1. The number of hydrogen-bond donors (Lipinski definition) is 2. The maximum absolute atomic E-state index is 11.8. The molecule has 2 heterocycles. The maximum Gasteiger partial charge on any atom is 0.290 e. The Hall–Kier alpha value is -1.43. The Bertz CT molecular complexity index is 331. The number of carbonyl (C=O) groups is 1. The summed E-state index contributed by atoms with van der Waals surface area (Å²) >= 11 is 0.